The number of hydrogen-bond acceptors (Lipinski definition) is 4. The summed E-state index contributed by atoms with van der Waals surface area (Å²) < 4.78 is 11.0. The number of carbonyl (C=O) groups excluding carboxylic acids is 1. The van der Waals surface area contributed by atoms with Crippen molar-refractivity contribution >= 4 is 21.8 Å². The molecule has 0 unspecified atom stereocenters. The van der Waals surface area contributed by atoms with Gasteiger partial charge >= 0.3 is 0 Å². The summed E-state index contributed by atoms with van der Waals surface area (Å²) in [5.74, 6) is 0.822. The molecule has 0 atom stereocenters. The molecule has 0 aromatic heterocycles. The summed E-state index contributed by atoms with van der Waals surface area (Å²) in [6, 6.07) is 3.37. The Bertz CT molecular complexity index is 437. The van der Waals surface area contributed by atoms with Crippen LogP contribution in [0.1, 0.15) is 23.2 Å². The Hall–Kier alpha value is -1.27. The largest absolute Gasteiger partial charge is 0.497 e. The molecule has 0 aliphatic heterocycles. The van der Waals surface area contributed by atoms with Gasteiger partial charge in [0.15, 0.2) is 0 Å². The van der Waals surface area contributed by atoms with E-state index in [1.807, 2.05) is 0 Å². The maximum atomic E-state index is 12.1. The van der Waals surface area contributed by atoms with Gasteiger partial charge in [-0.3, -0.25) is 4.79 Å². The second-order valence-corrected chi connectivity index (χ2v) is 4.73. The second kappa shape index (κ2) is 8.01. The van der Waals surface area contributed by atoms with Crippen LogP contribution in [0.5, 0.6) is 11.5 Å². The predicted molar refractivity (Wildman–Crippen MR) is 75.9 cm³/mol. The van der Waals surface area contributed by atoms with Gasteiger partial charge in [0.25, 0.3) is 5.91 Å². The van der Waals surface area contributed by atoms with Crippen LogP contribution in [0, 0.1) is 0 Å². The van der Waals surface area contributed by atoms with Crippen LogP contribution in [0.25, 0.3) is 0 Å². The maximum absolute atomic E-state index is 12.1. The first-order chi connectivity index (χ1) is 9.13. The molecule has 1 rings (SSSR count). The number of amides is 1. The molecular weight excluding hydrogens is 314 g/mol. The van der Waals surface area contributed by atoms with Crippen LogP contribution in [-0.2, 0) is 0 Å². The molecule has 1 aromatic rings. The zero-order valence-electron chi connectivity index (χ0n) is 11.0. The molecule has 0 saturated carbocycles. The summed E-state index contributed by atoms with van der Waals surface area (Å²) in [4.78, 5) is 12.1. The van der Waals surface area contributed by atoms with Gasteiger partial charge in [0.1, 0.15) is 11.5 Å². The Balaban J connectivity index is 2.85. The number of benzene rings is 1. The van der Waals surface area contributed by atoms with E-state index >= 15 is 0 Å². The molecule has 0 radical (unpaired) electrons. The SMILES string of the molecule is COc1cc(Br)c(OC)c(C(=O)NCCCCO)c1. The van der Waals surface area contributed by atoms with E-state index in [1.165, 1.54) is 14.2 Å². The molecule has 0 heterocycles. The fraction of sp³-hybridized carbons (Fsp3) is 0.462. The van der Waals surface area contributed by atoms with Gasteiger partial charge < -0.3 is 19.9 Å². The number of ether oxygens (including phenoxy) is 2. The van der Waals surface area contributed by atoms with E-state index in [0.717, 1.165) is 6.42 Å². The zero-order valence-corrected chi connectivity index (χ0v) is 12.6. The number of aliphatic hydroxyl groups is 1. The number of rotatable bonds is 7. The van der Waals surface area contributed by atoms with E-state index in [2.05, 4.69) is 21.2 Å². The lowest BCUT2D eigenvalue weighted by Crippen LogP contribution is -2.25. The van der Waals surface area contributed by atoms with Crippen molar-refractivity contribution < 1.29 is 19.4 Å². The van der Waals surface area contributed by atoms with Crippen LogP contribution >= 0.6 is 15.9 Å². The average molecular weight is 332 g/mol. The molecule has 2 N–H and O–H groups in total. The molecule has 6 heteroatoms. The van der Waals surface area contributed by atoms with Gasteiger partial charge in [-0.15, -0.1) is 0 Å². The van der Waals surface area contributed by atoms with E-state index in [0.29, 0.717) is 34.5 Å². The summed E-state index contributed by atoms with van der Waals surface area (Å²) in [5.41, 5.74) is 0.415. The normalized spacial score (nSPS) is 10.1. The van der Waals surface area contributed by atoms with E-state index in [-0.39, 0.29) is 12.5 Å². The predicted octanol–water partition coefficient (Wildman–Crippen LogP) is 1.97. The van der Waals surface area contributed by atoms with Gasteiger partial charge in [-0.25, -0.2) is 0 Å². The van der Waals surface area contributed by atoms with E-state index in [9.17, 15) is 4.79 Å². The Morgan fingerprint density at radius 1 is 1.32 bits per heavy atom. The number of nitrogens with one attached hydrogen (secondary N) is 1. The first-order valence-electron chi connectivity index (χ1n) is 5.94. The highest BCUT2D eigenvalue weighted by Crippen LogP contribution is 2.33. The van der Waals surface area contributed by atoms with Crippen molar-refractivity contribution in [2.24, 2.45) is 0 Å². The molecule has 106 valence electrons. The van der Waals surface area contributed by atoms with Gasteiger partial charge in [-0.2, -0.15) is 0 Å². The first-order valence-corrected chi connectivity index (χ1v) is 6.74. The van der Waals surface area contributed by atoms with Crippen LogP contribution in [0.3, 0.4) is 0 Å². The van der Waals surface area contributed by atoms with E-state index in [1.54, 1.807) is 12.1 Å². The molecule has 0 saturated heterocycles. The fourth-order valence-electron chi connectivity index (χ4n) is 1.60. The lowest BCUT2D eigenvalue weighted by molar-refractivity contribution is 0.0948. The van der Waals surface area contributed by atoms with Crippen molar-refractivity contribution in [1.82, 2.24) is 5.32 Å². The molecule has 5 nitrogen and oxygen atoms in total. The Kier molecular flexibility index (Phi) is 6.66. The summed E-state index contributed by atoms with van der Waals surface area (Å²) in [5, 5.41) is 11.5. The average Bonchev–Trinajstić information content (AvgIpc) is 2.42. The van der Waals surface area contributed by atoms with Crippen molar-refractivity contribution in [3.63, 3.8) is 0 Å². The van der Waals surface area contributed by atoms with E-state index < -0.39 is 0 Å². The van der Waals surface area contributed by atoms with Gasteiger partial charge in [0.05, 0.1) is 24.3 Å². The molecule has 1 amide bonds. The minimum Gasteiger partial charge on any atom is -0.497 e. The monoisotopic (exact) mass is 331 g/mol. The van der Waals surface area contributed by atoms with Gasteiger partial charge in [0, 0.05) is 13.2 Å². The van der Waals surface area contributed by atoms with Gasteiger partial charge in [-0.05, 0) is 40.9 Å². The molecule has 1 aromatic carbocycles. The van der Waals surface area contributed by atoms with Crippen molar-refractivity contribution in [3.8, 4) is 11.5 Å². The third-order valence-corrected chi connectivity index (χ3v) is 3.16. The summed E-state index contributed by atoms with van der Waals surface area (Å²) >= 11 is 3.34. The molecule has 19 heavy (non-hydrogen) atoms. The smallest absolute Gasteiger partial charge is 0.255 e. The lowest BCUT2D eigenvalue weighted by atomic mass is 10.1. The quantitative estimate of drug-likeness (QED) is 0.749. The van der Waals surface area contributed by atoms with Crippen LogP contribution in [0.15, 0.2) is 16.6 Å². The topological polar surface area (TPSA) is 67.8 Å². The van der Waals surface area contributed by atoms with E-state index in [4.69, 9.17) is 14.6 Å². The molecule has 0 spiro atoms. The molecule has 0 aliphatic rings. The van der Waals surface area contributed by atoms with Crippen LogP contribution in [-0.4, -0.2) is 38.4 Å². The highest BCUT2D eigenvalue weighted by atomic mass is 79.9. The zero-order chi connectivity index (χ0) is 14.3. The molecule has 0 aliphatic carbocycles. The standard InChI is InChI=1S/C13H18BrNO4/c1-18-9-7-10(12(19-2)11(14)8-9)13(17)15-5-3-4-6-16/h7-8,16H,3-6H2,1-2H3,(H,15,17). The van der Waals surface area contributed by atoms with Crippen LogP contribution in [0.4, 0.5) is 0 Å². The lowest BCUT2D eigenvalue weighted by Gasteiger charge is -2.12. The van der Waals surface area contributed by atoms with Crippen LogP contribution in [0.2, 0.25) is 0 Å². The first kappa shape index (κ1) is 15.8. The number of unbranched alkanes of at least 4 members (excludes halogenated alkanes) is 1. The number of hydrogen-bond donors (Lipinski definition) is 2. The Morgan fingerprint density at radius 3 is 2.63 bits per heavy atom. The minimum atomic E-state index is -0.227. The van der Waals surface area contributed by atoms with Crippen molar-refractivity contribution in [3.05, 3.63) is 22.2 Å². The molecular formula is C13H18BrNO4. The molecule has 0 fully saturated rings. The van der Waals surface area contributed by atoms with Crippen molar-refractivity contribution in [2.75, 3.05) is 27.4 Å². The summed E-state index contributed by atoms with van der Waals surface area (Å²) in [6.07, 6.45) is 1.40. The number of aliphatic hydroxyl groups excluding tert-OH is 1. The molecule has 0 bridgehead atoms. The summed E-state index contributed by atoms with van der Waals surface area (Å²) in [7, 11) is 3.05. The van der Waals surface area contributed by atoms with Gasteiger partial charge in [-0.1, -0.05) is 0 Å². The minimum absolute atomic E-state index is 0.129. The summed E-state index contributed by atoms with van der Waals surface area (Å²) in [6.45, 7) is 0.640. The Morgan fingerprint density at radius 2 is 2.05 bits per heavy atom. The van der Waals surface area contributed by atoms with Crippen molar-refractivity contribution in [2.45, 2.75) is 12.8 Å². The number of halogens is 1. The van der Waals surface area contributed by atoms with Gasteiger partial charge in [0.2, 0.25) is 0 Å². The highest BCUT2D eigenvalue weighted by molar-refractivity contribution is 9.10. The van der Waals surface area contributed by atoms with Crippen LogP contribution < -0.4 is 14.8 Å². The Labute approximate surface area is 121 Å². The fourth-order valence-corrected chi connectivity index (χ4v) is 2.20. The highest BCUT2D eigenvalue weighted by Gasteiger charge is 2.16. The van der Waals surface area contributed by atoms with Crippen molar-refractivity contribution in [1.29, 1.82) is 0 Å². The number of methoxy groups -OCH3 is 2. The maximum Gasteiger partial charge on any atom is 0.255 e. The third kappa shape index (κ3) is 4.40. The third-order valence-electron chi connectivity index (χ3n) is 2.57. The number of carbonyl (C=O) groups is 1. The second-order valence-electron chi connectivity index (χ2n) is 3.88.